The molecule has 2 aromatic heterocycles. The number of H-pyrrole nitrogens is 1. The zero-order valence-electron chi connectivity index (χ0n) is 16.6. The number of hydrogen-bond donors (Lipinski definition) is 2. The third-order valence-electron chi connectivity index (χ3n) is 4.95. The van der Waals surface area contributed by atoms with Gasteiger partial charge in [-0.05, 0) is 30.7 Å². The van der Waals surface area contributed by atoms with E-state index in [1.807, 2.05) is 6.07 Å². The zero-order valence-corrected chi connectivity index (χ0v) is 17.4. The van der Waals surface area contributed by atoms with E-state index >= 15 is 0 Å². The fraction of sp³-hybridized carbons (Fsp3) is 0.130. The van der Waals surface area contributed by atoms with Gasteiger partial charge in [0.25, 0.3) is 0 Å². The average Bonchev–Trinajstić information content (AvgIpc) is 3.20. The molecule has 0 amide bonds. The summed E-state index contributed by atoms with van der Waals surface area (Å²) in [4.78, 5) is 36.4. The van der Waals surface area contributed by atoms with E-state index in [0.29, 0.717) is 38.6 Å². The van der Waals surface area contributed by atoms with E-state index in [1.54, 1.807) is 67.7 Å². The predicted molar refractivity (Wildman–Crippen MR) is 116 cm³/mol. The second-order valence-electron chi connectivity index (χ2n) is 7.06. The summed E-state index contributed by atoms with van der Waals surface area (Å²) >= 11 is -1.42. The largest absolute Gasteiger partial charge is 0.610 e. The predicted octanol–water partition coefficient (Wildman–Crippen LogP) is 3.68. The molecule has 4 rings (SSSR count). The highest BCUT2D eigenvalue weighted by Crippen LogP contribution is 2.28. The number of ketones is 1. The van der Waals surface area contributed by atoms with Gasteiger partial charge in [-0.3, -0.25) is 9.59 Å². The normalized spacial score (nSPS) is 13.1. The van der Waals surface area contributed by atoms with Crippen molar-refractivity contribution in [3.05, 3.63) is 89.4 Å². The van der Waals surface area contributed by atoms with Crippen LogP contribution in [0.5, 0.6) is 0 Å². The lowest BCUT2D eigenvalue weighted by molar-refractivity contribution is -0.138. The number of carbonyl (C=O) groups is 2. The molecule has 0 spiro atoms. The number of nitrogens with zero attached hydrogens (tertiary/aromatic N) is 2. The Bertz CT molecular complexity index is 1240. The number of carboxylic acids is 1. The van der Waals surface area contributed by atoms with Gasteiger partial charge in [-0.2, -0.15) is 0 Å². The minimum Gasteiger partial charge on any atom is -0.610 e. The van der Waals surface area contributed by atoms with Crippen molar-refractivity contribution in [1.82, 2.24) is 15.0 Å². The number of aromatic amines is 1. The number of hydrogen-bond acceptors (Lipinski definition) is 5. The molecular formula is C23H19N3O4S. The summed E-state index contributed by atoms with van der Waals surface area (Å²) in [5.41, 5.74) is 2.28. The minimum absolute atomic E-state index is 0.0918. The second kappa shape index (κ2) is 8.71. The second-order valence-corrected chi connectivity index (χ2v) is 8.45. The number of fused-ring (bicyclic) bond motifs is 1. The van der Waals surface area contributed by atoms with Crippen LogP contribution in [0.1, 0.15) is 40.2 Å². The Labute approximate surface area is 181 Å². The topological polar surface area (TPSA) is 119 Å². The number of aromatic nitrogens is 3. The number of carbonyl (C=O) groups excluding carboxylic acids is 1. The number of nitrogens with one attached hydrogen (secondary N) is 1. The number of carboxylic acid groups (broad SMARTS) is 1. The first-order valence-corrected chi connectivity index (χ1v) is 10.9. The number of pyridine rings is 1. The molecule has 156 valence electrons. The third-order valence-corrected chi connectivity index (χ3v) is 6.19. The highest BCUT2D eigenvalue weighted by Gasteiger charge is 2.23. The molecule has 0 saturated heterocycles. The van der Waals surface area contributed by atoms with E-state index in [1.165, 1.54) is 0 Å². The SMILES string of the molecule is CC(C(=O)O)c1cc(C(=O)c2ccccc2)cc2nc(C[S+]([O-])c3ccccn3)[nH]c12. The standard InChI is InChI=1S/C23H19N3O4S/c1-14(23(28)29)17-11-16(22(27)15-7-3-2-4-8-15)12-18-21(17)26-19(25-18)13-31(30)20-9-5-6-10-24-20/h2-12,14H,13H2,1H3,(H,25,26)(H,28,29). The summed E-state index contributed by atoms with van der Waals surface area (Å²) in [6.45, 7) is 1.56. The van der Waals surface area contributed by atoms with Gasteiger partial charge in [0, 0.05) is 34.6 Å². The molecule has 2 N–H and O–H groups in total. The van der Waals surface area contributed by atoms with Crippen LogP contribution in [-0.4, -0.2) is 36.4 Å². The van der Waals surface area contributed by atoms with Crippen LogP contribution in [0.4, 0.5) is 0 Å². The van der Waals surface area contributed by atoms with Gasteiger partial charge in [0.15, 0.2) is 17.4 Å². The highest BCUT2D eigenvalue weighted by atomic mass is 32.2. The lowest BCUT2D eigenvalue weighted by Crippen LogP contribution is -2.10. The average molecular weight is 433 g/mol. The molecular weight excluding hydrogens is 414 g/mol. The molecule has 8 heteroatoms. The van der Waals surface area contributed by atoms with Crippen molar-refractivity contribution < 1.29 is 19.2 Å². The summed E-state index contributed by atoms with van der Waals surface area (Å²) in [7, 11) is 0. The van der Waals surface area contributed by atoms with Crippen LogP contribution in [-0.2, 0) is 21.7 Å². The van der Waals surface area contributed by atoms with Gasteiger partial charge in [-0.15, -0.1) is 0 Å². The Morgan fingerprint density at radius 3 is 2.52 bits per heavy atom. The fourth-order valence-electron chi connectivity index (χ4n) is 3.30. The Hall–Kier alpha value is -3.49. The van der Waals surface area contributed by atoms with Crippen molar-refractivity contribution >= 4 is 34.0 Å². The van der Waals surface area contributed by atoms with Crippen LogP contribution in [0, 0.1) is 0 Å². The number of benzene rings is 2. The van der Waals surface area contributed by atoms with Gasteiger partial charge in [0.2, 0.25) is 5.03 Å². The molecule has 2 aromatic carbocycles. The molecule has 0 saturated carbocycles. The smallest absolute Gasteiger partial charge is 0.310 e. The number of aliphatic carboxylic acids is 1. The van der Waals surface area contributed by atoms with Crippen molar-refractivity contribution in [3.8, 4) is 0 Å². The molecule has 2 heterocycles. The van der Waals surface area contributed by atoms with Gasteiger partial charge in [-0.1, -0.05) is 36.4 Å². The fourth-order valence-corrected chi connectivity index (χ4v) is 4.24. The van der Waals surface area contributed by atoms with Crippen LogP contribution < -0.4 is 0 Å². The van der Waals surface area contributed by atoms with Crippen molar-refractivity contribution in [2.75, 3.05) is 0 Å². The summed E-state index contributed by atoms with van der Waals surface area (Å²) in [6.07, 6.45) is 1.57. The van der Waals surface area contributed by atoms with Crippen LogP contribution in [0.3, 0.4) is 0 Å². The molecule has 2 unspecified atom stereocenters. The highest BCUT2D eigenvalue weighted by molar-refractivity contribution is 7.90. The van der Waals surface area contributed by atoms with E-state index in [4.69, 9.17) is 0 Å². The van der Waals surface area contributed by atoms with Gasteiger partial charge < -0.3 is 14.6 Å². The molecule has 31 heavy (non-hydrogen) atoms. The molecule has 4 aromatic rings. The summed E-state index contributed by atoms with van der Waals surface area (Å²) in [5.74, 6) is -1.57. The van der Waals surface area contributed by atoms with E-state index in [-0.39, 0.29) is 11.5 Å². The summed E-state index contributed by atoms with van der Waals surface area (Å²) < 4.78 is 12.6. The molecule has 0 aliphatic heterocycles. The summed E-state index contributed by atoms with van der Waals surface area (Å²) in [6, 6.07) is 17.2. The Morgan fingerprint density at radius 1 is 1.10 bits per heavy atom. The maximum absolute atomic E-state index is 13.0. The molecule has 0 bridgehead atoms. The Morgan fingerprint density at radius 2 is 1.84 bits per heavy atom. The van der Waals surface area contributed by atoms with Gasteiger partial charge in [-0.25, -0.2) is 9.97 Å². The van der Waals surface area contributed by atoms with Crippen molar-refractivity contribution in [1.29, 1.82) is 0 Å². The van der Waals surface area contributed by atoms with Crippen molar-refractivity contribution in [3.63, 3.8) is 0 Å². The quantitative estimate of drug-likeness (QED) is 0.339. The van der Waals surface area contributed by atoms with Crippen LogP contribution >= 0.6 is 0 Å². The summed E-state index contributed by atoms with van der Waals surface area (Å²) in [5, 5.41) is 10.00. The minimum atomic E-state index is -1.42. The maximum Gasteiger partial charge on any atom is 0.310 e. The molecule has 7 nitrogen and oxygen atoms in total. The number of rotatable bonds is 7. The Kier molecular flexibility index (Phi) is 5.83. The van der Waals surface area contributed by atoms with E-state index in [9.17, 15) is 19.2 Å². The van der Waals surface area contributed by atoms with Crippen LogP contribution in [0.25, 0.3) is 11.0 Å². The number of imidazole rings is 1. The molecule has 0 aliphatic carbocycles. The van der Waals surface area contributed by atoms with Crippen molar-refractivity contribution in [2.45, 2.75) is 23.6 Å². The third kappa shape index (κ3) is 4.35. The van der Waals surface area contributed by atoms with Crippen molar-refractivity contribution in [2.24, 2.45) is 0 Å². The lowest BCUT2D eigenvalue weighted by Gasteiger charge is -2.10. The van der Waals surface area contributed by atoms with E-state index in [2.05, 4.69) is 15.0 Å². The monoisotopic (exact) mass is 433 g/mol. The first-order chi connectivity index (χ1) is 14.9. The van der Waals surface area contributed by atoms with Gasteiger partial charge >= 0.3 is 5.97 Å². The van der Waals surface area contributed by atoms with Crippen LogP contribution in [0.2, 0.25) is 0 Å². The zero-order chi connectivity index (χ0) is 22.0. The molecule has 0 fully saturated rings. The van der Waals surface area contributed by atoms with E-state index < -0.39 is 23.1 Å². The maximum atomic E-state index is 13.0. The molecule has 0 aliphatic rings. The van der Waals surface area contributed by atoms with Crippen LogP contribution in [0.15, 0.2) is 71.9 Å². The van der Waals surface area contributed by atoms with Gasteiger partial charge in [0.05, 0.1) is 17.0 Å². The first-order valence-electron chi connectivity index (χ1n) is 9.58. The van der Waals surface area contributed by atoms with E-state index in [0.717, 1.165) is 0 Å². The van der Waals surface area contributed by atoms with Gasteiger partial charge in [0.1, 0.15) is 0 Å². The molecule has 2 atom stereocenters. The molecule has 0 radical (unpaired) electrons. The first kappa shape index (κ1) is 20.8. The lowest BCUT2D eigenvalue weighted by atomic mass is 9.94. The Balaban J connectivity index is 1.76.